The van der Waals surface area contributed by atoms with Crippen LogP contribution in [0.5, 0.6) is 0 Å². The first kappa shape index (κ1) is 16.4. The van der Waals surface area contributed by atoms with Crippen LogP contribution in [0.2, 0.25) is 0 Å². The molecule has 1 saturated heterocycles. The number of benzene rings is 1. The fourth-order valence-electron chi connectivity index (χ4n) is 3.39. The highest BCUT2D eigenvalue weighted by Crippen LogP contribution is 2.27. The third kappa shape index (κ3) is 3.64. The third-order valence-corrected chi connectivity index (χ3v) is 4.87. The van der Waals surface area contributed by atoms with Gasteiger partial charge in [0.05, 0.1) is 18.3 Å². The molecule has 3 aromatic rings. The molecule has 0 atom stereocenters. The molecule has 6 heteroatoms. The fraction of sp³-hybridized carbons (Fsp3) is 0.300. The molecule has 0 saturated carbocycles. The molecule has 0 bridgehead atoms. The van der Waals surface area contributed by atoms with Gasteiger partial charge in [0.25, 0.3) is 0 Å². The minimum atomic E-state index is 0.202. The van der Waals surface area contributed by atoms with Crippen molar-refractivity contribution in [2.75, 3.05) is 13.1 Å². The van der Waals surface area contributed by atoms with Crippen LogP contribution in [-0.4, -0.2) is 43.4 Å². The van der Waals surface area contributed by atoms with Gasteiger partial charge in [0.2, 0.25) is 5.91 Å². The smallest absolute Gasteiger partial charge is 0.226 e. The number of imidazole rings is 1. The van der Waals surface area contributed by atoms with Gasteiger partial charge in [-0.2, -0.15) is 0 Å². The summed E-state index contributed by atoms with van der Waals surface area (Å²) < 4.78 is 1.86. The number of rotatable bonds is 4. The van der Waals surface area contributed by atoms with E-state index in [1.807, 2.05) is 52.2 Å². The van der Waals surface area contributed by atoms with Gasteiger partial charge in [-0.05, 0) is 18.4 Å². The molecule has 0 spiro atoms. The molecule has 26 heavy (non-hydrogen) atoms. The van der Waals surface area contributed by atoms with Gasteiger partial charge in [0.1, 0.15) is 6.33 Å². The maximum atomic E-state index is 12.5. The topological polar surface area (TPSA) is 63.9 Å². The van der Waals surface area contributed by atoms with Crippen LogP contribution in [-0.2, 0) is 11.2 Å². The minimum absolute atomic E-state index is 0.202. The first-order valence-electron chi connectivity index (χ1n) is 8.91. The number of carbonyl (C=O) groups excluding carboxylic acids is 1. The van der Waals surface area contributed by atoms with E-state index in [0.29, 0.717) is 12.3 Å². The highest BCUT2D eigenvalue weighted by molar-refractivity contribution is 5.78. The lowest BCUT2D eigenvalue weighted by atomic mass is 9.93. The van der Waals surface area contributed by atoms with Crippen molar-refractivity contribution in [1.29, 1.82) is 0 Å². The van der Waals surface area contributed by atoms with Crippen molar-refractivity contribution in [1.82, 2.24) is 24.4 Å². The molecule has 132 valence electrons. The summed E-state index contributed by atoms with van der Waals surface area (Å²) >= 11 is 0. The van der Waals surface area contributed by atoms with Gasteiger partial charge in [-0.1, -0.05) is 30.3 Å². The maximum Gasteiger partial charge on any atom is 0.226 e. The van der Waals surface area contributed by atoms with E-state index in [2.05, 4.69) is 9.97 Å². The first-order chi connectivity index (χ1) is 12.8. The number of nitrogens with zero attached hydrogens (tertiary/aromatic N) is 5. The summed E-state index contributed by atoms with van der Waals surface area (Å²) in [5, 5.41) is 0. The fourth-order valence-corrected chi connectivity index (χ4v) is 3.39. The quantitative estimate of drug-likeness (QED) is 0.728. The standard InChI is InChI=1S/C20H21N5O/c26-20(12-16-4-2-1-3-5-16)24-9-6-17(7-10-24)18-13-22-14-19(23-18)25-11-8-21-15-25/h1-5,8,11,13-15,17H,6-7,9-10,12H2. The number of aromatic nitrogens is 4. The van der Waals surface area contributed by atoms with E-state index in [9.17, 15) is 4.79 Å². The van der Waals surface area contributed by atoms with E-state index >= 15 is 0 Å². The minimum Gasteiger partial charge on any atom is -0.342 e. The Kier molecular flexibility index (Phi) is 4.73. The lowest BCUT2D eigenvalue weighted by Gasteiger charge is -2.31. The third-order valence-electron chi connectivity index (χ3n) is 4.87. The van der Waals surface area contributed by atoms with Crippen molar-refractivity contribution in [2.45, 2.75) is 25.2 Å². The maximum absolute atomic E-state index is 12.5. The van der Waals surface area contributed by atoms with E-state index in [4.69, 9.17) is 4.98 Å². The highest BCUT2D eigenvalue weighted by atomic mass is 16.2. The van der Waals surface area contributed by atoms with Crippen LogP contribution < -0.4 is 0 Å². The van der Waals surface area contributed by atoms with Crippen LogP contribution in [0.15, 0.2) is 61.4 Å². The summed E-state index contributed by atoms with van der Waals surface area (Å²) in [6, 6.07) is 9.92. The number of piperidine rings is 1. The molecular formula is C20H21N5O. The molecule has 1 aliphatic rings. The number of carbonyl (C=O) groups is 1. The molecule has 0 N–H and O–H groups in total. The lowest BCUT2D eigenvalue weighted by Crippen LogP contribution is -2.39. The number of hydrogen-bond acceptors (Lipinski definition) is 4. The number of hydrogen-bond donors (Lipinski definition) is 0. The monoisotopic (exact) mass is 347 g/mol. The molecule has 0 aliphatic carbocycles. The second-order valence-electron chi connectivity index (χ2n) is 6.59. The van der Waals surface area contributed by atoms with Crippen LogP contribution in [0, 0.1) is 0 Å². The average molecular weight is 347 g/mol. The Morgan fingerprint density at radius 3 is 2.62 bits per heavy atom. The summed E-state index contributed by atoms with van der Waals surface area (Å²) in [5.74, 6) is 1.32. The van der Waals surface area contributed by atoms with Crippen molar-refractivity contribution in [3.8, 4) is 5.82 Å². The van der Waals surface area contributed by atoms with Crippen LogP contribution in [0.1, 0.15) is 30.0 Å². The molecule has 1 fully saturated rings. The Labute approximate surface area is 152 Å². The molecule has 4 rings (SSSR count). The zero-order chi connectivity index (χ0) is 17.8. The van der Waals surface area contributed by atoms with E-state index in [1.165, 1.54) is 0 Å². The number of amides is 1. The van der Waals surface area contributed by atoms with Crippen LogP contribution in [0.25, 0.3) is 5.82 Å². The van der Waals surface area contributed by atoms with Gasteiger partial charge in [-0.3, -0.25) is 14.3 Å². The Bertz CT molecular complexity index is 855. The van der Waals surface area contributed by atoms with Crippen LogP contribution in [0.4, 0.5) is 0 Å². The molecule has 2 aromatic heterocycles. The van der Waals surface area contributed by atoms with E-state index in [-0.39, 0.29) is 5.91 Å². The SMILES string of the molecule is O=C(Cc1ccccc1)N1CCC(c2cncc(-n3ccnc3)n2)CC1. The molecule has 6 nitrogen and oxygen atoms in total. The molecule has 0 unspecified atom stereocenters. The first-order valence-corrected chi connectivity index (χ1v) is 8.91. The highest BCUT2D eigenvalue weighted by Gasteiger charge is 2.25. The average Bonchev–Trinajstić information content (AvgIpc) is 3.24. The summed E-state index contributed by atoms with van der Waals surface area (Å²) in [6.45, 7) is 1.54. The Hall–Kier alpha value is -3.02. The van der Waals surface area contributed by atoms with Gasteiger partial charge in [0.15, 0.2) is 5.82 Å². The largest absolute Gasteiger partial charge is 0.342 e. The van der Waals surface area contributed by atoms with Gasteiger partial charge in [0, 0.05) is 37.6 Å². The Morgan fingerprint density at radius 1 is 1.08 bits per heavy atom. The van der Waals surface area contributed by atoms with Crippen molar-refractivity contribution in [3.05, 3.63) is 72.7 Å². The normalized spacial score (nSPS) is 15.2. The van der Waals surface area contributed by atoms with E-state index < -0.39 is 0 Å². The summed E-state index contributed by atoms with van der Waals surface area (Å²) in [7, 11) is 0. The molecule has 1 aromatic carbocycles. The van der Waals surface area contributed by atoms with Gasteiger partial charge >= 0.3 is 0 Å². The second kappa shape index (κ2) is 7.47. The molecule has 1 amide bonds. The summed E-state index contributed by atoms with van der Waals surface area (Å²) in [6.07, 6.45) is 11.2. The predicted molar refractivity (Wildman–Crippen MR) is 97.9 cm³/mol. The number of likely N-dealkylation sites (tertiary alicyclic amines) is 1. The molecular weight excluding hydrogens is 326 g/mol. The Morgan fingerprint density at radius 2 is 1.88 bits per heavy atom. The van der Waals surface area contributed by atoms with Crippen LogP contribution in [0.3, 0.4) is 0 Å². The predicted octanol–water partition coefficient (Wildman–Crippen LogP) is 2.61. The van der Waals surface area contributed by atoms with Gasteiger partial charge < -0.3 is 4.90 Å². The molecule has 3 heterocycles. The van der Waals surface area contributed by atoms with E-state index in [0.717, 1.165) is 43.0 Å². The Balaban J connectivity index is 1.38. The van der Waals surface area contributed by atoms with Gasteiger partial charge in [-0.25, -0.2) is 9.97 Å². The van der Waals surface area contributed by atoms with Gasteiger partial charge in [-0.15, -0.1) is 0 Å². The van der Waals surface area contributed by atoms with Crippen molar-refractivity contribution in [3.63, 3.8) is 0 Å². The van der Waals surface area contributed by atoms with E-state index in [1.54, 1.807) is 18.7 Å². The van der Waals surface area contributed by atoms with Crippen molar-refractivity contribution >= 4 is 5.91 Å². The van der Waals surface area contributed by atoms with Crippen LogP contribution >= 0.6 is 0 Å². The lowest BCUT2D eigenvalue weighted by molar-refractivity contribution is -0.131. The zero-order valence-corrected chi connectivity index (χ0v) is 14.5. The second-order valence-corrected chi connectivity index (χ2v) is 6.59. The molecule has 0 radical (unpaired) electrons. The van der Waals surface area contributed by atoms with Crippen molar-refractivity contribution < 1.29 is 4.79 Å². The van der Waals surface area contributed by atoms with Crippen molar-refractivity contribution in [2.24, 2.45) is 0 Å². The summed E-state index contributed by atoms with van der Waals surface area (Å²) in [4.78, 5) is 27.6. The zero-order valence-electron chi connectivity index (χ0n) is 14.5. The molecule has 1 aliphatic heterocycles. The summed E-state index contributed by atoms with van der Waals surface area (Å²) in [5.41, 5.74) is 2.06.